The highest BCUT2D eigenvalue weighted by Gasteiger charge is 2.12. The molecule has 17 heavy (non-hydrogen) atoms. The van der Waals surface area contributed by atoms with Gasteiger partial charge in [-0.2, -0.15) is 0 Å². The van der Waals surface area contributed by atoms with E-state index in [4.69, 9.17) is 10.6 Å². The van der Waals surface area contributed by atoms with E-state index in [-0.39, 0.29) is 11.4 Å². The highest BCUT2D eigenvalue weighted by Crippen LogP contribution is 2.06. The number of rotatable bonds is 6. The maximum atomic E-state index is 11.4. The summed E-state index contributed by atoms with van der Waals surface area (Å²) in [4.78, 5) is 16.5. The van der Waals surface area contributed by atoms with Crippen LogP contribution < -0.4 is 11.2 Å². The SMILES string of the molecule is CC(C)(N)CCC(=O)NOCc1ccccc1. The molecule has 0 bridgehead atoms. The van der Waals surface area contributed by atoms with Crippen molar-refractivity contribution in [1.29, 1.82) is 0 Å². The van der Waals surface area contributed by atoms with Gasteiger partial charge in [-0.1, -0.05) is 30.3 Å². The number of carbonyl (C=O) groups excluding carboxylic acids is 1. The van der Waals surface area contributed by atoms with Crippen molar-refractivity contribution in [1.82, 2.24) is 5.48 Å². The summed E-state index contributed by atoms with van der Waals surface area (Å²) in [6.07, 6.45) is 1.01. The van der Waals surface area contributed by atoms with Gasteiger partial charge in [0.05, 0.1) is 6.61 Å². The molecule has 0 aliphatic carbocycles. The Morgan fingerprint density at radius 1 is 1.35 bits per heavy atom. The number of carbonyl (C=O) groups is 1. The minimum atomic E-state index is -0.323. The second-order valence-electron chi connectivity index (χ2n) is 4.79. The average molecular weight is 236 g/mol. The molecule has 0 unspecified atom stereocenters. The van der Waals surface area contributed by atoms with Crippen molar-refractivity contribution in [2.45, 2.75) is 38.8 Å². The lowest BCUT2D eigenvalue weighted by atomic mass is 10.0. The topological polar surface area (TPSA) is 64.4 Å². The molecule has 0 saturated heterocycles. The Balaban J connectivity index is 2.17. The first kappa shape index (κ1) is 13.7. The highest BCUT2D eigenvalue weighted by molar-refractivity contribution is 5.74. The number of benzene rings is 1. The van der Waals surface area contributed by atoms with Gasteiger partial charge in [-0.3, -0.25) is 9.63 Å². The first-order valence-corrected chi connectivity index (χ1v) is 5.71. The zero-order valence-electron chi connectivity index (χ0n) is 10.4. The van der Waals surface area contributed by atoms with Crippen LogP contribution in [0.4, 0.5) is 0 Å². The van der Waals surface area contributed by atoms with Gasteiger partial charge in [-0.05, 0) is 25.8 Å². The molecule has 3 N–H and O–H groups in total. The third-order valence-electron chi connectivity index (χ3n) is 2.26. The standard InChI is InChI=1S/C13H20N2O2/c1-13(2,14)9-8-12(16)15-17-10-11-6-4-3-5-7-11/h3-7H,8-10,14H2,1-2H3,(H,15,16). The molecule has 1 rings (SSSR count). The van der Waals surface area contributed by atoms with E-state index in [2.05, 4.69) is 5.48 Å². The maximum Gasteiger partial charge on any atom is 0.243 e. The van der Waals surface area contributed by atoms with Crippen molar-refractivity contribution < 1.29 is 9.63 Å². The molecule has 0 aliphatic rings. The number of amides is 1. The number of hydroxylamine groups is 1. The Bertz CT molecular complexity index is 344. The molecule has 1 aromatic rings. The van der Waals surface area contributed by atoms with Crippen LogP contribution >= 0.6 is 0 Å². The number of hydrogen-bond donors (Lipinski definition) is 2. The minimum absolute atomic E-state index is 0.139. The molecule has 0 atom stereocenters. The fraction of sp³-hybridized carbons (Fsp3) is 0.462. The summed E-state index contributed by atoms with van der Waals surface area (Å²) in [5, 5.41) is 0. The molecule has 0 aromatic heterocycles. The van der Waals surface area contributed by atoms with Crippen LogP contribution in [-0.4, -0.2) is 11.4 Å². The van der Waals surface area contributed by atoms with Crippen molar-refractivity contribution in [3.63, 3.8) is 0 Å². The molecular formula is C13H20N2O2. The minimum Gasteiger partial charge on any atom is -0.326 e. The molecule has 0 heterocycles. The van der Waals surface area contributed by atoms with Crippen LogP contribution in [0.3, 0.4) is 0 Å². The molecule has 1 aromatic carbocycles. The van der Waals surface area contributed by atoms with Crippen LogP contribution in [0.15, 0.2) is 30.3 Å². The summed E-state index contributed by atoms with van der Waals surface area (Å²) in [7, 11) is 0. The summed E-state index contributed by atoms with van der Waals surface area (Å²) in [6.45, 7) is 4.16. The number of hydrogen-bond acceptors (Lipinski definition) is 3. The molecule has 0 fully saturated rings. The lowest BCUT2D eigenvalue weighted by molar-refractivity contribution is -0.134. The predicted molar refractivity (Wildman–Crippen MR) is 66.9 cm³/mol. The molecule has 94 valence electrons. The van der Waals surface area contributed by atoms with Gasteiger partial charge in [0.2, 0.25) is 5.91 Å². The zero-order valence-corrected chi connectivity index (χ0v) is 10.4. The van der Waals surface area contributed by atoms with Crippen molar-refractivity contribution in [2.24, 2.45) is 5.73 Å². The summed E-state index contributed by atoms with van der Waals surface area (Å²) in [5.74, 6) is -0.139. The first-order chi connectivity index (χ1) is 7.97. The van der Waals surface area contributed by atoms with E-state index in [1.165, 1.54) is 0 Å². The van der Waals surface area contributed by atoms with Gasteiger partial charge in [-0.15, -0.1) is 0 Å². The van der Waals surface area contributed by atoms with Crippen LogP contribution in [-0.2, 0) is 16.2 Å². The molecule has 0 aliphatic heterocycles. The monoisotopic (exact) mass is 236 g/mol. The number of nitrogens with one attached hydrogen (secondary N) is 1. The van der Waals surface area contributed by atoms with Crippen LogP contribution in [0, 0.1) is 0 Å². The van der Waals surface area contributed by atoms with Crippen molar-refractivity contribution in [3.05, 3.63) is 35.9 Å². The van der Waals surface area contributed by atoms with E-state index >= 15 is 0 Å². The van der Waals surface area contributed by atoms with E-state index in [0.29, 0.717) is 19.4 Å². The Morgan fingerprint density at radius 3 is 2.59 bits per heavy atom. The zero-order chi connectivity index (χ0) is 12.7. The van der Waals surface area contributed by atoms with Gasteiger partial charge < -0.3 is 5.73 Å². The average Bonchev–Trinajstić information content (AvgIpc) is 2.27. The lowest BCUT2D eigenvalue weighted by Gasteiger charge is -2.17. The van der Waals surface area contributed by atoms with Crippen LogP contribution in [0.2, 0.25) is 0 Å². The van der Waals surface area contributed by atoms with E-state index < -0.39 is 0 Å². The Labute approximate surface area is 102 Å². The molecular weight excluding hydrogens is 216 g/mol. The third-order valence-corrected chi connectivity index (χ3v) is 2.26. The Morgan fingerprint density at radius 2 is 2.00 bits per heavy atom. The molecule has 0 radical (unpaired) electrons. The van der Waals surface area contributed by atoms with E-state index in [1.807, 2.05) is 44.2 Å². The Kier molecular flexibility index (Phi) is 5.12. The van der Waals surface area contributed by atoms with Gasteiger partial charge in [0.15, 0.2) is 0 Å². The molecule has 4 nitrogen and oxygen atoms in total. The summed E-state index contributed by atoms with van der Waals surface area (Å²) < 4.78 is 0. The van der Waals surface area contributed by atoms with Crippen LogP contribution in [0.25, 0.3) is 0 Å². The first-order valence-electron chi connectivity index (χ1n) is 5.71. The number of nitrogens with two attached hydrogens (primary N) is 1. The predicted octanol–water partition coefficient (Wildman–Crippen LogP) is 1.75. The lowest BCUT2D eigenvalue weighted by Crippen LogP contribution is -2.34. The maximum absolute atomic E-state index is 11.4. The Hall–Kier alpha value is -1.39. The quantitative estimate of drug-likeness (QED) is 0.740. The summed E-state index contributed by atoms with van der Waals surface area (Å²) >= 11 is 0. The smallest absolute Gasteiger partial charge is 0.243 e. The van der Waals surface area contributed by atoms with E-state index in [9.17, 15) is 4.79 Å². The summed E-state index contributed by atoms with van der Waals surface area (Å²) in [6, 6.07) is 9.67. The largest absolute Gasteiger partial charge is 0.326 e. The third kappa shape index (κ3) is 6.71. The fourth-order valence-electron chi connectivity index (χ4n) is 1.26. The second-order valence-corrected chi connectivity index (χ2v) is 4.79. The summed E-state index contributed by atoms with van der Waals surface area (Å²) in [5.41, 5.74) is 8.89. The fourth-order valence-corrected chi connectivity index (χ4v) is 1.26. The normalized spacial score (nSPS) is 11.2. The van der Waals surface area contributed by atoms with Gasteiger partial charge >= 0.3 is 0 Å². The second kappa shape index (κ2) is 6.37. The van der Waals surface area contributed by atoms with E-state index in [0.717, 1.165) is 5.56 Å². The molecule has 1 amide bonds. The molecule has 0 saturated carbocycles. The van der Waals surface area contributed by atoms with Gasteiger partial charge in [0.25, 0.3) is 0 Å². The van der Waals surface area contributed by atoms with Gasteiger partial charge in [0.1, 0.15) is 0 Å². The molecule has 0 spiro atoms. The van der Waals surface area contributed by atoms with Crippen LogP contribution in [0.1, 0.15) is 32.3 Å². The molecule has 4 heteroatoms. The highest BCUT2D eigenvalue weighted by atomic mass is 16.6. The van der Waals surface area contributed by atoms with E-state index in [1.54, 1.807) is 0 Å². The van der Waals surface area contributed by atoms with Gasteiger partial charge in [-0.25, -0.2) is 5.48 Å². The van der Waals surface area contributed by atoms with Crippen LogP contribution in [0.5, 0.6) is 0 Å². The van der Waals surface area contributed by atoms with Gasteiger partial charge in [0, 0.05) is 12.0 Å². The van der Waals surface area contributed by atoms with Crippen molar-refractivity contribution >= 4 is 5.91 Å². The van der Waals surface area contributed by atoms with Crippen molar-refractivity contribution in [2.75, 3.05) is 0 Å². The van der Waals surface area contributed by atoms with Crippen molar-refractivity contribution in [3.8, 4) is 0 Å².